The van der Waals surface area contributed by atoms with Crippen LogP contribution in [0, 0.1) is 12.8 Å². The highest BCUT2D eigenvalue weighted by molar-refractivity contribution is 6.31. The minimum absolute atomic E-state index is 0.225. The van der Waals surface area contributed by atoms with Gasteiger partial charge in [-0.25, -0.2) is 0 Å². The summed E-state index contributed by atoms with van der Waals surface area (Å²) in [6.07, 6.45) is 7.42. The lowest BCUT2D eigenvalue weighted by Gasteiger charge is -2.27. The predicted molar refractivity (Wildman–Crippen MR) is 71.2 cm³/mol. The van der Waals surface area contributed by atoms with Crippen LogP contribution < -0.4 is 5.73 Å². The Bertz CT molecular complexity index is 380. The van der Waals surface area contributed by atoms with E-state index in [-0.39, 0.29) is 6.04 Å². The zero-order valence-electron chi connectivity index (χ0n) is 10.7. The summed E-state index contributed by atoms with van der Waals surface area (Å²) in [7, 11) is 1.95. The van der Waals surface area contributed by atoms with Crippen molar-refractivity contribution in [3.8, 4) is 0 Å². The molecular weight excluding hydrogens is 234 g/mol. The van der Waals surface area contributed by atoms with Gasteiger partial charge in [-0.1, -0.05) is 30.9 Å². The molecule has 3 nitrogen and oxygen atoms in total. The zero-order chi connectivity index (χ0) is 12.4. The molecule has 1 aromatic heterocycles. The van der Waals surface area contributed by atoms with E-state index in [0.717, 1.165) is 22.8 Å². The van der Waals surface area contributed by atoms with Crippen molar-refractivity contribution < 1.29 is 0 Å². The number of hydrogen-bond donors (Lipinski definition) is 1. The third-order valence-corrected chi connectivity index (χ3v) is 4.44. The van der Waals surface area contributed by atoms with Crippen LogP contribution in [0.3, 0.4) is 0 Å². The van der Waals surface area contributed by atoms with Gasteiger partial charge in [-0.15, -0.1) is 0 Å². The van der Waals surface area contributed by atoms with E-state index in [1.54, 1.807) is 0 Å². The molecule has 1 saturated carbocycles. The minimum atomic E-state index is 0.225. The van der Waals surface area contributed by atoms with Crippen LogP contribution in [0.5, 0.6) is 0 Å². The van der Waals surface area contributed by atoms with E-state index >= 15 is 0 Å². The number of aryl methyl sites for hydroxylation is 2. The molecule has 1 aliphatic rings. The Hall–Kier alpha value is -0.540. The van der Waals surface area contributed by atoms with Crippen LogP contribution in [-0.4, -0.2) is 15.8 Å². The number of nitrogens with two attached hydrogens (primary N) is 1. The monoisotopic (exact) mass is 255 g/mol. The molecule has 4 heteroatoms. The van der Waals surface area contributed by atoms with Gasteiger partial charge < -0.3 is 5.73 Å². The molecule has 0 saturated heterocycles. The standard InChI is InChI=1S/C13H22ClN3/c1-9-13(14)12(17(2)16-9)8-11(15)10-6-4-3-5-7-10/h10-11H,3-8,15H2,1-2H3. The van der Waals surface area contributed by atoms with Crippen LogP contribution in [0.4, 0.5) is 0 Å². The summed E-state index contributed by atoms with van der Waals surface area (Å²) >= 11 is 6.26. The van der Waals surface area contributed by atoms with Crippen LogP contribution in [0.2, 0.25) is 5.02 Å². The first-order chi connectivity index (χ1) is 8.09. The van der Waals surface area contributed by atoms with Gasteiger partial charge >= 0.3 is 0 Å². The second-order valence-electron chi connectivity index (χ2n) is 5.24. The van der Waals surface area contributed by atoms with Crippen molar-refractivity contribution in [2.45, 2.75) is 51.5 Å². The predicted octanol–water partition coefficient (Wildman–Crippen LogP) is 2.83. The van der Waals surface area contributed by atoms with Crippen LogP contribution in [0.1, 0.15) is 43.5 Å². The smallest absolute Gasteiger partial charge is 0.0847 e. The normalized spacial score (nSPS) is 19.5. The summed E-state index contributed by atoms with van der Waals surface area (Å²) in [6.45, 7) is 1.94. The number of aromatic nitrogens is 2. The second kappa shape index (κ2) is 5.40. The van der Waals surface area contributed by atoms with E-state index in [0.29, 0.717) is 5.92 Å². The summed E-state index contributed by atoms with van der Waals surface area (Å²) in [4.78, 5) is 0. The van der Waals surface area contributed by atoms with Gasteiger partial charge in [0.05, 0.1) is 16.4 Å². The maximum atomic E-state index is 6.33. The molecule has 1 atom stereocenters. The quantitative estimate of drug-likeness (QED) is 0.903. The molecule has 0 bridgehead atoms. The maximum Gasteiger partial charge on any atom is 0.0847 e. The summed E-state index contributed by atoms with van der Waals surface area (Å²) in [6, 6.07) is 0.225. The van der Waals surface area contributed by atoms with E-state index in [2.05, 4.69) is 5.10 Å². The number of halogens is 1. The molecular formula is C13H22ClN3. The molecule has 0 radical (unpaired) electrons. The average Bonchev–Trinajstić information content (AvgIpc) is 2.57. The van der Waals surface area contributed by atoms with Crippen molar-refractivity contribution >= 4 is 11.6 Å². The van der Waals surface area contributed by atoms with Crippen LogP contribution in [0.15, 0.2) is 0 Å². The third-order valence-electron chi connectivity index (χ3n) is 3.95. The Kier molecular flexibility index (Phi) is 4.10. The van der Waals surface area contributed by atoms with Crippen molar-refractivity contribution in [2.24, 2.45) is 18.7 Å². The zero-order valence-corrected chi connectivity index (χ0v) is 11.5. The SMILES string of the molecule is Cc1nn(C)c(CC(N)C2CCCCC2)c1Cl. The van der Waals surface area contributed by atoms with Crippen LogP contribution >= 0.6 is 11.6 Å². The molecule has 0 spiro atoms. The van der Waals surface area contributed by atoms with E-state index in [9.17, 15) is 0 Å². The number of hydrogen-bond acceptors (Lipinski definition) is 2. The van der Waals surface area contributed by atoms with Gasteiger partial charge in [0.1, 0.15) is 0 Å². The summed E-state index contributed by atoms with van der Waals surface area (Å²) < 4.78 is 1.88. The second-order valence-corrected chi connectivity index (χ2v) is 5.61. The third kappa shape index (κ3) is 2.83. The first kappa shape index (κ1) is 12.9. The Balaban J connectivity index is 2.04. The van der Waals surface area contributed by atoms with Crippen molar-refractivity contribution in [2.75, 3.05) is 0 Å². The number of rotatable bonds is 3. The fraction of sp³-hybridized carbons (Fsp3) is 0.769. The van der Waals surface area contributed by atoms with Crippen LogP contribution in [-0.2, 0) is 13.5 Å². The van der Waals surface area contributed by atoms with Crippen molar-refractivity contribution in [3.05, 3.63) is 16.4 Å². The topological polar surface area (TPSA) is 43.8 Å². The summed E-state index contributed by atoms with van der Waals surface area (Å²) in [5.41, 5.74) is 8.32. The van der Waals surface area contributed by atoms with Gasteiger partial charge in [0.25, 0.3) is 0 Å². The fourth-order valence-corrected chi connectivity index (χ4v) is 3.09. The molecule has 1 aliphatic carbocycles. The van der Waals surface area contributed by atoms with Gasteiger partial charge in [0.2, 0.25) is 0 Å². The van der Waals surface area contributed by atoms with E-state index in [1.165, 1.54) is 32.1 Å². The molecule has 0 aliphatic heterocycles. The molecule has 0 aromatic carbocycles. The summed E-state index contributed by atoms with van der Waals surface area (Å²) in [5.74, 6) is 0.662. The van der Waals surface area contributed by atoms with Gasteiger partial charge in [-0.2, -0.15) is 5.10 Å². The minimum Gasteiger partial charge on any atom is -0.327 e. The highest BCUT2D eigenvalue weighted by Crippen LogP contribution is 2.28. The van der Waals surface area contributed by atoms with Crippen molar-refractivity contribution in [3.63, 3.8) is 0 Å². The van der Waals surface area contributed by atoms with Crippen molar-refractivity contribution in [1.82, 2.24) is 9.78 Å². The van der Waals surface area contributed by atoms with Crippen molar-refractivity contribution in [1.29, 1.82) is 0 Å². The average molecular weight is 256 g/mol. The summed E-state index contributed by atoms with van der Waals surface area (Å²) in [5, 5.41) is 5.13. The van der Waals surface area contributed by atoms with Gasteiger partial charge in [0, 0.05) is 19.5 Å². The molecule has 0 amide bonds. The van der Waals surface area contributed by atoms with E-state index in [4.69, 9.17) is 17.3 Å². The first-order valence-corrected chi connectivity index (χ1v) is 6.91. The van der Waals surface area contributed by atoms with Gasteiger partial charge in [-0.3, -0.25) is 4.68 Å². The van der Waals surface area contributed by atoms with E-state index < -0.39 is 0 Å². The molecule has 1 heterocycles. The van der Waals surface area contributed by atoms with Gasteiger partial charge in [0.15, 0.2) is 0 Å². The Morgan fingerprint density at radius 2 is 2.06 bits per heavy atom. The lowest BCUT2D eigenvalue weighted by Crippen LogP contribution is -2.34. The maximum absolute atomic E-state index is 6.33. The number of nitrogens with zero attached hydrogens (tertiary/aromatic N) is 2. The molecule has 1 unspecified atom stereocenters. The van der Waals surface area contributed by atoms with Crippen LogP contribution in [0.25, 0.3) is 0 Å². The lowest BCUT2D eigenvalue weighted by atomic mass is 9.82. The van der Waals surface area contributed by atoms with E-state index in [1.807, 2.05) is 18.7 Å². The Morgan fingerprint density at radius 3 is 2.59 bits per heavy atom. The van der Waals surface area contributed by atoms with Gasteiger partial charge in [-0.05, 0) is 25.7 Å². The molecule has 1 aromatic rings. The Morgan fingerprint density at radius 1 is 1.41 bits per heavy atom. The highest BCUT2D eigenvalue weighted by Gasteiger charge is 2.23. The molecule has 96 valence electrons. The molecule has 2 rings (SSSR count). The molecule has 17 heavy (non-hydrogen) atoms. The molecule has 2 N–H and O–H groups in total. The Labute approximate surface area is 108 Å². The largest absolute Gasteiger partial charge is 0.327 e. The molecule has 1 fully saturated rings. The highest BCUT2D eigenvalue weighted by atomic mass is 35.5. The first-order valence-electron chi connectivity index (χ1n) is 6.53. The fourth-order valence-electron chi connectivity index (χ4n) is 2.85. The lowest BCUT2D eigenvalue weighted by molar-refractivity contribution is 0.301.